The van der Waals surface area contributed by atoms with E-state index < -0.39 is 5.54 Å². The summed E-state index contributed by atoms with van der Waals surface area (Å²) in [5, 5.41) is 29.5. The molecule has 0 spiro atoms. The number of benzene rings is 1. The van der Waals surface area contributed by atoms with Crippen LogP contribution in [0.25, 0.3) is 0 Å². The Morgan fingerprint density at radius 3 is 2.17 bits per heavy atom. The summed E-state index contributed by atoms with van der Waals surface area (Å²) in [5.74, 6) is 0.0941. The Balaban J connectivity index is 2.91. The van der Waals surface area contributed by atoms with Crippen LogP contribution in [0.3, 0.4) is 0 Å². The lowest BCUT2D eigenvalue weighted by atomic mass is 9.84. The molecule has 0 unspecified atom stereocenters. The molecule has 0 fully saturated rings. The lowest BCUT2D eigenvalue weighted by Gasteiger charge is -2.38. The molecule has 0 aromatic heterocycles. The average Bonchev–Trinajstić information content (AvgIpc) is 2.53. The molecule has 1 aromatic rings. The van der Waals surface area contributed by atoms with Crippen molar-refractivity contribution in [3.63, 3.8) is 0 Å². The molecule has 0 radical (unpaired) electrons. The van der Waals surface area contributed by atoms with Gasteiger partial charge in [0.2, 0.25) is 5.91 Å². The highest BCUT2D eigenvalue weighted by molar-refractivity contribution is 5.77. The number of amides is 1. The molecule has 0 aliphatic rings. The minimum atomic E-state index is -0.971. The second-order valence-electron chi connectivity index (χ2n) is 7.51. The fourth-order valence-electron chi connectivity index (χ4n) is 2.85. The van der Waals surface area contributed by atoms with Crippen LogP contribution in [0.2, 0.25) is 0 Å². The summed E-state index contributed by atoms with van der Waals surface area (Å²) >= 11 is 0. The predicted octanol–water partition coefficient (Wildman–Crippen LogP) is 2.21. The van der Waals surface area contributed by atoms with Crippen LogP contribution < -0.4 is 0 Å². The summed E-state index contributed by atoms with van der Waals surface area (Å²) < 4.78 is 0. The molecular formula is C19H31NO4. The van der Waals surface area contributed by atoms with Crippen molar-refractivity contribution in [1.82, 2.24) is 4.90 Å². The normalized spacial score (nSPS) is 12.3. The van der Waals surface area contributed by atoms with Gasteiger partial charge in [0.1, 0.15) is 5.75 Å². The van der Waals surface area contributed by atoms with Crippen LogP contribution in [0.1, 0.15) is 52.2 Å². The number of hydrogen-bond acceptors (Lipinski definition) is 4. The molecule has 0 aliphatic heterocycles. The van der Waals surface area contributed by atoms with Crippen molar-refractivity contribution in [3.8, 4) is 5.75 Å². The van der Waals surface area contributed by atoms with Gasteiger partial charge in [-0.25, -0.2) is 0 Å². The third-order valence-corrected chi connectivity index (χ3v) is 4.49. The highest BCUT2D eigenvalue weighted by Gasteiger charge is 2.33. The third kappa shape index (κ3) is 4.48. The molecule has 136 valence electrons. The van der Waals surface area contributed by atoms with Crippen LogP contribution in [0, 0.1) is 0 Å². The van der Waals surface area contributed by atoms with Crippen molar-refractivity contribution in [2.75, 3.05) is 19.8 Å². The Hall–Kier alpha value is -1.59. The smallest absolute Gasteiger partial charge is 0.223 e. The number of phenols is 1. The monoisotopic (exact) mass is 337 g/mol. The van der Waals surface area contributed by atoms with E-state index in [9.17, 15) is 20.1 Å². The van der Waals surface area contributed by atoms with E-state index in [2.05, 4.69) is 0 Å². The SMILES string of the molecule is CCN(C(=O)CCc1cccc(C(C)(C)C)c1O)C(C)(CO)CO. The number of para-hydroxylation sites is 1. The second kappa shape index (κ2) is 7.99. The molecule has 1 rings (SSSR count). The number of aryl methyl sites for hydroxylation is 1. The van der Waals surface area contributed by atoms with Crippen LogP contribution in [0.15, 0.2) is 18.2 Å². The maximum absolute atomic E-state index is 12.5. The van der Waals surface area contributed by atoms with Gasteiger partial charge in [0.25, 0.3) is 0 Å². The number of aromatic hydroxyl groups is 1. The lowest BCUT2D eigenvalue weighted by molar-refractivity contribution is -0.140. The first-order valence-corrected chi connectivity index (χ1v) is 8.44. The van der Waals surface area contributed by atoms with E-state index in [0.717, 1.165) is 11.1 Å². The Morgan fingerprint density at radius 2 is 1.71 bits per heavy atom. The summed E-state index contributed by atoms with van der Waals surface area (Å²) in [4.78, 5) is 14.0. The van der Waals surface area contributed by atoms with Crippen LogP contribution >= 0.6 is 0 Å². The van der Waals surface area contributed by atoms with Crippen molar-refractivity contribution in [2.24, 2.45) is 0 Å². The van der Waals surface area contributed by atoms with Crippen molar-refractivity contribution < 1.29 is 20.1 Å². The van der Waals surface area contributed by atoms with Gasteiger partial charge in [0.05, 0.1) is 18.8 Å². The van der Waals surface area contributed by atoms with Gasteiger partial charge in [-0.1, -0.05) is 39.0 Å². The summed E-state index contributed by atoms with van der Waals surface area (Å²) in [5.41, 5.74) is 0.449. The molecule has 1 amide bonds. The van der Waals surface area contributed by atoms with Crippen LogP contribution in [-0.4, -0.2) is 51.4 Å². The average molecular weight is 337 g/mol. The molecule has 24 heavy (non-hydrogen) atoms. The van der Waals surface area contributed by atoms with Gasteiger partial charge in [0, 0.05) is 13.0 Å². The topological polar surface area (TPSA) is 81.0 Å². The number of likely N-dealkylation sites (N-methyl/N-ethyl adjacent to an activating group) is 1. The van der Waals surface area contributed by atoms with Crippen molar-refractivity contribution in [2.45, 2.75) is 58.4 Å². The summed E-state index contributed by atoms with van der Waals surface area (Å²) in [6.07, 6.45) is 0.628. The minimum absolute atomic E-state index is 0.149. The second-order valence-corrected chi connectivity index (χ2v) is 7.51. The van der Waals surface area contributed by atoms with E-state index >= 15 is 0 Å². The quantitative estimate of drug-likeness (QED) is 0.712. The standard InChI is InChI=1S/C19H31NO4/c1-6-20(19(5,12-21)13-22)16(23)11-10-14-8-7-9-15(17(14)24)18(2,3)4/h7-9,21-22,24H,6,10-13H2,1-5H3. The fraction of sp³-hybridized carbons (Fsp3) is 0.632. The lowest BCUT2D eigenvalue weighted by Crippen LogP contribution is -2.54. The zero-order valence-corrected chi connectivity index (χ0v) is 15.5. The molecule has 0 saturated carbocycles. The number of hydrogen-bond donors (Lipinski definition) is 3. The third-order valence-electron chi connectivity index (χ3n) is 4.49. The highest BCUT2D eigenvalue weighted by atomic mass is 16.3. The van der Waals surface area contributed by atoms with E-state index in [1.54, 1.807) is 6.92 Å². The largest absolute Gasteiger partial charge is 0.507 e. The molecule has 3 N–H and O–H groups in total. The first kappa shape index (κ1) is 20.5. The van der Waals surface area contributed by atoms with Gasteiger partial charge in [0.15, 0.2) is 0 Å². The zero-order chi connectivity index (χ0) is 18.5. The zero-order valence-electron chi connectivity index (χ0n) is 15.5. The Morgan fingerprint density at radius 1 is 1.12 bits per heavy atom. The maximum Gasteiger partial charge on any atom is 0.223 e. The Kier molecular flexibility index (Phi) is 6.81. The van der Waals surface area contributed by atoms with Gasteiger partial charge in [-0.2, -0.15) is 0 Å². The number of aliphatic hydroxyl groups excluding tert-OH is 2. The van der Waals surface area contributed by atoms with Crippen LogP contribution in [0.5, 0.6) is 5.75 Å². The molecular weight excluding hydrogens is 306 g/mol. The van der Waals surface area contributed by atoms with Crippen molar-refractivity contribution in [1.29, 1.82) is 0 Å². The molecule has 5 nitrogen and oxygen atoms in total. The van der Waals surface area contributed by atoms with Gasteiger partial charge in [-0.3, -0.25) is 4.79 Å². The number of phenolic OH excluding ortho intramolecular Hbond substituents is 1. The van der Waals surface area contributed by atoms with Crippen LogP contribution in [0.4, 0.5) is 0 Å². The summed E-state index contributed by atoms with van der Waals surface area (Å²) in [6, 6.07) is 5.61. The maximum atomic E-state index is 12.5. The van der Waals surface area contributed by atoms with E-state index in [-0.39, 0.29) is 36.7 Å². The summed E-state index contributed by atoms with van der Waals surface area (Å²) in [6.45, 7) is 9.38. The molecule has 0 heterocycles. The fourth-order valence-corrected chi connectivity index (χ4v) is 2.85. The first-order chi connectivity index (χ1) is 11.1. The van der Waals surface area contributed by atoms with Gasteiger partial charge in [-0.05, 0) is 36.8 Å². The minimum Gasteiger partial charge on any atom is -0.507 e. The predicted molar refractivity (Wildman–Crippen MR) is 95.1 cm³/mol. The van der Waals surface area contributed by atoms with E-state index in [0.29, 0.717) is 13.0 Å². The van der Waals surface area contributed by atoms with Gasteiger partial charge < -0.3 is 20.2 Å². The molecule has 0 bridgehead atoms. The Labute approximate surface area is 144 Å². The molecule has 1 aromatic carbocycles. The molecule has 0 atom stereocenters. The van der Waals surface area contributed by atoms with Crippen molar-refractivity contribution >= 4 is 5.91 Å². The summed E-state index contributed by atoms with van der Waals surface area (Å²) in [7, 11) is 0. The van der Waals surface area contributed by atoms with E-state index in [4.69, 9.17) is 0 Å². The number of rotatable bonds is 7. The number of aliphatic hydroxyl groups is 2. The number of nitrogens with zero attached hydrogens (tertiary/aromatic N) is 1. The van der Waals surface area contributed by atoms with Crippen molar-refractivity contribution in [3.05, 3.63) is 29.3 Å². The van der Waals surface area contributed by atoms with Crippen LogP contribution in [-0.2, 0) is 16.6 Å². The van der Waals surface area contributed by atoms with E-state index in [1.807, 2.05) is 45.9 Å². The molecule has 0 saturated heterocycles. The van der Waals surface area contributed by atoms with Gasteiger partial charge >= 0.3 is 0 Å². The molecule has 5 heteroatoms. The van der Waals surface area contributed by atoms with Gasteiger partial charge in [-0.15, -0.1) is 0 Å². The Bertz CT molecular complexity index is 559. The number of carbonyl (C=O) groups excluding carboxylic acids is 1. The van der Waals surface area contributed by atoms with E-state index in [1.165, 1.54) is 4.90 Å². The molecule has 0 aliphatic carbocycles. The first-order valence-electron chi connectivity index (χ1n) is 8.44. The number of carbonyl (C=O) groups is 1. The highest BCUT2D eigenvalue weighted by Crippen LogP contribution is 2.33.